The van der Waals surface area contributed by atoms with Crippen molar-refractivity contribution in [2.24, 2.45) is 5.73 Å². The SMILES string of the molecule is NC(Cc1cc(F)cc(F)c1)Cc1ccc(Br)cn1. The minimum absolute atomic E-state index is 0.227. The van der Waals surface area contributed by atoms with Crippen molar-refractivity contribution in [1.29, 1.82) is 0 Å². The molecule has 2 rings (SSSR count). The van der Waals surface area contributed by atoms with E-state index in [1.807, 2.05) is 12.1 Å². The zero-order chi connectivity index (χ0) is 13.8. The van der Waals surface area contributed by atoms with Gasteiger partial charge in [0.1, 0.15) is 11.6 Å². The molecule has 2 nitrogen and oxygen atoms in total. The Kier molecular flexibility index (Phi) is 4.61. The number of hydrogen-bond donors (Lipinski definition) is 1. The number of benzene rings is 1. The first kappa shape index (κ1) is 14.1. The third kappa shape index (κ3) is 4.36. The molecule has 1 aromatic carbocycles. The molecule has 0 aliphatic carbocycles. The first-order valence-electron chi connectivity index (χ1n) is 5.84. The largest absolute Gasteiger partial charge is 0.327 e. The highest BCUT2D eigenvalue weighted by Gasteiger charge is 2.08. The van der Waals surface area contributed by atoms with Crippen molar-refractivity contribution < 1.29 is 8.78 Å². The molecule has 2 N–H and O–H groups in total. The monoisotopic (exact) mass is 326 g/mol. The van der Waals surface area contributed by atoms with Gasteiger partial charge in [-0.15, -0.1) is 0 Å². The molecule has 0 aliphatic rings. The first-order chi connectivity index (χ1) is 9.02. The van der Waals surface area contributed by atoms with Crippen molar-refractivity contribution in [1.82, 2.24) is 4.98 Å². The van der Waals surface area contributed by atoms with Gasteiger partial charge in [0.25, 0.3) is 0 Å². The van der Waals surface area contributed by atoms with Crippen LogP contribution in [0.3, 0.4) is 0 Å². The molecular weight excluding hydrogens is 314 g/mol. The maximum Gasteiger partial charge on any atom is 0.126 e. The van der Waals surface area contributed by atoms with E-state index in [2.05, 4.69) is 20.9 Å². The fourth-order valence-corrected chi connectivity index (χ4v) is 2.13. The van der Waals surface area contributed by atoms with E-state index in [-0.39, 0.29) is 6.04 Å². The molecule has 0 amide bonds. The van der Waals surface area contributed by atoms with Crippen molar-refractivity contribution in [2.45, 2.75) is 18.9 Å². The van der Waals surface area contributed by atoms with E-state index in [4.69, 9.17) is 5.73 Å². The number of nitrogens with two attached hydrogens (primary N) is 1. The van der Waals surface area contributed by atoms with Crippen molar-refractivity contribution in [3.8, 4) is 0 Å². The summed E-state index contributed by atoms with van der Waals surface area (Å²) in [5.74, 6) is -1.16. The molecule has 100 valence electrons. The van der Waals surface area contributed by atoms with Crippen LogP contribution in [0.2, 0.25) is 0 Å². The van der Waals surface area contributed by atoms with Crippen LogP contribution in [0.25, 0.3) is 0 Å². The van der Waals surface area contributed by atoms with Crippen LogP contribution in [-0.2, 0) is 12.8 Å². The van der Waals surface area contributed by atoms with E-state index >= 15 is 0 Å². The minimum Gasteiger partial charge on any atom is -0.327 e. The van der Waals surface area contributed by atoms with Gasteiger partial charge in [-0.3, -0.25) is 4.98 Å². The van der Waals surface area contributed by atoms with E-state index in [1.165, 1.54) is 12.1 Å². The van der Waals surface area contributed by atoms with E-state index in [0.29, 0.717) is 18.4 Å². The highest BCUT2D eigenvalue weighted by atomic mass is 79.9. The molecule has 1 unspecified atom stereocenters. The molecule has 19 heavy (non-hydrogen) atoms. The number of rotatable bonds is 4. The van der Waals surface area contributed by atoms with Gasteiger partial charge in [0.15, 0.2) is 0 Å². The predicted molar refractivity (Wildman–Crippen MR) is 73.7 cm³/mol. The second-order valence-corrected chi connectivity index (χ2v) is 5.33. The number of halogens is 3. The lowest BCUT2D eigenvalue weighted by Crippen LogP contribution is -2.26. The Labute approximate surface area is 118 Å². The quantitative estimate of drug-likeness (QED) is 0.936. The van der Waals surface area contributed by atoms with Gasteiger partial charge in [-0.25, -0.2) is 8.78 Å². The first-order valence-corrected chi connectivity index (χ1v) is 6.63. The van der Waals surface area contributed by atoms with Gasteiger partial charge in [0.05, 0.1) is 0 Å². The molecule has 1 aromatic heterocycles. The molecule has 1 heterocycles. The van der Waals surface area contributed by atoms with E-state index in [9.17, 15) is 8.78 Å². The van der Waals surface area contributed by atoms with Gasteiger partial charge < -0.3 is 5.73 Å². The number of pyridine rings is 1. The van der Waals surface area contributed by atoms with Crippen molar-refractivity contribution in [3.63, 3.8) is 0 Å². The van der Waals surface area contributed by atoms with Gasteiger partial charge >= 0.3 is 0 Å². The average molecular weight is 327 g/mol. The van der Waals surface area contributed by atoms with Crippen LogP contribution in [0.4, 0.5) is 8.78 Å². The summed E-state index contributed by atoms with van der Waals surface area (Å²) in [6, 6.07) is 6.99. The lowest BCUT2D eigenvalue weighted by Gasteiger charge is -2.11. The molecule has 5 heteroatoms. The predicted octanol–water partition coefficient (Wildman–Crippen LogP) is 3.23. The molecular formula is C14H13BrF2N2. The minimum atomic E-state index is -0.580. The Morgan fingerprint density at radius 2 is 1.79 bits per heavy atom. The average Bonchev–Trinajstić information content (AvgIpc) is 2.30. The molecule has 0 spiro atoms. The van der Waals surface area contributed by atoms with E-state index in [0.717, 1.165) is 16.2 Å². The third-order valence-electron chi connectivity index (χ3n) is 2.68. The summed E-state index contributed by atoms with van der Waals surface area (Å²) in [5, 5.41) is 0. The maximum atomic E-state index is 13.1. The number of nitrogens with zero attached hydrogens (tertiary/aromatic N) is 1. The van der Waals surface area contributed by atoms with Crippen LogP contribution >= 0.6 is 15.9 Å². The second-order valence-electron chi connectivity index (χ2n) is 4.41. The highest BCUT2D eigenvalue weighted by Crippen LogP contribution is 2.12. The summed E-state index contributed by atoms with van der Waals surface area (Å²) in [5.41, 5.74) is 7.39. The van der Waals surface area contributed by atoms with Crippen LogP contribution in [0.15, 0.2) is 41.0 Å². The van der Waals surface area contributed by atoms with Gasteiger partial charge in [0.2, 0.25) is 0 Å². The summed E-state index contributed by atoms with van der Waals surface area (Å²) < 4.78 is 27.0. The van der Waals surface area contributed by atoms with Crippen LogP contribution in [0.1, 0.15) is 11.3 Å². The molecule has 0 saturated heterocycles. The Bertz CT molecular complexity index is 538. The molecule has 0 radical (unpaired) electrons. The fraction of sp³-hybridized carbons (Fsp3) is 0.214. The summed E-state index contributed by atoms with van der Waals surface area (Å²) in [6.45, 7) is 0. The van der Waals surface area contributed by atoms with E-state index in [1.54, 1.807) is 6.20 Å². The molecule has 2 aromatic rings. The lowest BCUT2D eigenvalue weighted by atomic mass is 10.0. The van der Waals surface area contributed by atoms with Gasteiger partial charge in [-0.05, 0) is 52.2 Å². The Balaban J connectivity index is 2.00. The van der Waals surface area contributed by atoms with Crippen molar-refractivity contribution in [2.75, 3.05) is 0 Å². The molecule has 0 fully saturated rings. The summed E-state index contributed by atoms with van der Waals surface area (Å²) in [7, 11) is 0. The molecule has 1 atom stereocenters. The van der Waals surface area contributed by atoms with Crippen molar-refractivity contribution >= 4 is 15.9 Å². The summed E-state index contributed by atoms with van der Waals surface area (Å²) in [6.07, 6.45) is 2.67. The van der Waals surface area contributed by atoms with Gasteiger partial charge in [-0.1, -0.05) is 0 Å². The topological polar surface area (TPSA) is 38.9 Å². The van der Waals surface area contributed by atoms with Crippen LogP contribution in [0.5, 0.6) is 0 Å². The Hall–Kier alpha value is -1.33. The number of aromatic nitrogens is 1. The fourth-order valence-electron chi connectivity index (χ4n) is 1.90. The van der Waals surface area contributed by atoms with Crippen LogP contribution < -0.4 is 5.73 Å². The standard InChI is InChI=1S/C14H13BrF2N2/c15-10-1-2-14(19-8-10)7-13(18)5-9-3-11(16)6-12(17)4-9/h1-4,6,8,13H,5,7,18H2. The summed E-state index contributed by atoms with van der Waals surface area (Å²) in [4.78, 5) is 4.22. The van der Waals surface area contributed by atoms with Gasteiger partial charge in [-0.2, -0.15) is 0 Å². The van der Waals surface area contributed by atoms with E-state index < -0.39 is 11.6 Å². The zero-order valence-electron chi connectivity index (χ0n) is 10.1. The van der Waals surface area contributed by atoms with Crippen molar-refractivity contribution in [3.05, 3.63) is 63.9 Å². The Morgan fingerprint density at radius 1 is 1.11 bits per heavy atom. The zero-order valence-corrected chi connectivity index (χ0v) is 11.7. The molecule has 0 aliphatic heterocycles. The van der Waals surface area contributed by atoms with Gasteiger partial charge in [0, 0.05) is 34.9 Å². The third-order valence-corrected chi connectivity index (χ3v) is 3.15. The molecule has 0 saturated carbocycles. The lowest BCUT2D eigenvalue weighted by molar-refractivity contribution is 0.574. The smallest absolute Gasteiger partial charge is 0.126 e. The summed E-state index contributed by atoms with van der Waals surface area (Å²) >= 11 is 3.30. The van der Waals surface area contributed by atoms with Crippen LogP contribution in [0, 0.1) is 11.6 Å². The maximum absolute atomic E-state index is 13.1. The van der Waals surface area contributed by atoms with Crippen LogP contribution in [-0.4, -0.2) is 11.0 Å². The normalized spacial score (nSPS) is 12.4. The second kappa shape index (κ2) is 6.21. The Morgan fingerprint density at radius 3 is 2.37 bits per heavy atom. The highest BCUT2D eigenvalue weighted by molar-refractivity contribution is 9.10. The molecule has 0 bridgehead atoms. The number of hydrogen-bond acceptors (Lipinski definition) is 2.